The molecule has 2 unspecified atom stereocenters. The first-order chi connectivity index (χ1) is 10.4. The molecule has 0 amide bonds. The van der Waals surface area contributed by atoms with Crippen LogP contribution in [-0.4, -0.2) is 4.89 Å². The molecule has 2 nitrogen and oxygen atoms in total. The number of hydrogen-bond donors (Lipinski definition) is 1. The van der Waals surface area contributed by atoms with Crippen LogP contribution in [0, 0.1) is 34.5 Å². The highest BCUT2D eigenvalue weighted by Gasteiger charge is 2.57. The highest BCUT2D eigenvalue weighted by molar-refractivity contribution is 7.43. The third kappa shape index (κ3) is 2.09. The molecule has 3 heteroatoms. The predicted octanol–water partition coefficient (Wildman–Crippen LogP) is 5.65. The van der Waals surface area contributed by atoms with E-state index in [1.807, 2.05) is 0 Å². The van der Waals surface area contributed by atoms with Gasteiger partial charge >= 0.3 is 8.03 Å². The Kier molecular flexibility index (Phi) is 3.59. The van der Waals surface area contributed by atoms with Gasteiger partial charge < -0.3 is 0 Å². The molecule has 0 bridgehead atoms. The summed E-state index contributed by atoms with van der Waals surface area (Å²) in [5, 5.41) is 0.831. The van der Waals surface area contributed by atoms with Crippen molar-refractivity contribution < 1.29 is 9.46 Å². The van der Waals surface area contributed by atoms with Gasteiger partial charge in [-0.25, -0.2) is 0 Å². The molecule has 1 N–H and O–H groups in total. The molecular formula is C19H30O2P+. The van der Waals surface area contributed by atoms with Crippen molar-refractivity contribution in [3.63, 3.8) is 0 Å². The zero-order valence-corrected chi connectivity index (χ0v) is 14.9. The molecule has 0 heterocycles. The molecular weight excluding hydrogens is 291 g/mol. The van der Waals surface area contributed by atoms with Gasteiger partial charge in [0.1, 0.15) is 0 Å². The molecule has 0 aromatic rings. The monoisotopic (exact) mass is 321 g/mol. The Balaban J connectivity index is 1.63. The van der Waals surface area contributed by atoms with Crippen molar-refractivity contribution in [1.29, 1.82) is 0 Å². The fraction of sp³-hybridized carbons (Fsp3) is 0.895. The highest BCUT2D eigenvalue weighted by atomic mass is 31.1. The minimum atomic E-state index is -2.10. The molecule has 0 aromatic heterocycles. The summed E-state index contributed by atoms with van der Waals surface area (Å²) in [5.41, 5.74) is 1.02. The molecule has 3 saturated carbocycles. The number of rotatable bonds is 1. The van der Waals surface area contributed by atoms with Crippen LogP contribution in [0.15, 0.2) is 11.4 Å². The Bertz CT molecular complexity index is 528. The van der Waals surface area contributed by atoms with Gasteiger partial charge in [-0.3, -0.25) is 0 Å². The van der Waals surface area contributed by atoms with Gasteiger partial charge in [0, 0.05) is 6.42 Å². The lowest BCUT2D eigenvalue weighted by Crippen LogP contribution is -2.51. The second kappa shape index (κ2) is 5.15. The van der Waals surface area contributed by atoms with Crippen molar-refractivity contribution in [3.8, 4) is 0 Å². The Labute approximate surface area is 135 Å². The molecule has 0 aliphatic heterocycles. The van der Waals surface area contributed by atoms with E-state index in [-0.39, 0.29) is 0 Å². The van der Waals surface area contributed by atoms with Gasteiger partial charge in [0.2, 0.25) is 0 Å². The molecule has 4 aliphatic carbocycles. The van der Waals surface area contributed by atoms with Crippen molar-refractivity contribution in [2.24, 2.45) is 34.5 Å². The summed E-state index contributed by atoms with van der Waals surface area (Å²) in [6.45, 7) is 5.06. The summed E-state index contributed by atoms with van der Waals surface area (Å²) in [7, 11) is -2.10. The van der Waals surface area contributed by atoms with Crippen LogP contribution < -0.4 is 0 Å². The minimum Gasteiger partial charge on any atom is -0.156 e. The Morgan fingerprint density at radius 2 is 1.95 bits per heavy atom. The zero-order chi connectivity index (χ0) is 15.5. The molecule has 22 heavy (non-hydrogen) atoms. The van der Waals surface area contributed by atoms with Crippen LogP contribution in [0.4, 0.5) is 0 Å². The molecule has 122 valence electrons. The van der Waals surface area contributed by atoms with Crippen LogP contribution in [0.2, 0.25) is 0 Å². The van der Waals surface area contributed by atoms with Gasteiger partial charge in [-0.2, -0.15) is 4.89 Å². The van der Waals surface area contributed by atoms with Crippen LogP contribution in [0.3, 0.4) is 0 Å². The van der Waals surface area contributed by atoms with Gasteiger partial charge in [0.25, 0.3) is 0 Å². The van der Waals surface area contributed by atoms with Gasteiger partial charge in [-0.15, -0.1) is 0 Å². The molecule has 0 saturated heterocycles. The van der Waals surface area contributed by atoms with Crippen molar-refractivity contribution in [3.05, 3.63) is 11.4 Å². The first-order valence-electron chi connectivity index (χ1n) is 9.29. The third-order valence-corrected chi connectivity index (χ3v) is 9.18. The lowest BCUT2D eigenvalue weighted by molar-refractivity contribution is -0.0875. The quantitative estimate of drug-likeness (QED) is 0.634. The number of hydrogen-bond acceptors (Lipinski definition) is 1. The fourth-order valence-corrected chi connectivity index (χ4v) is 7.63. The fourth-order valence-electron chi connectivity index (χ4n) is 7.01. The number of fused-ring (bicyclic) bond motifs is 5. The highest BCUT2D eigenvalue weighted by Crippen LogP contribution is 2.66. The van der Waals surface area contributed by atoms with E-state index >= 15 is 0 Å². The van der Waals surface area contributed by atoms with E-state index in [9.17, 15) is 9.46 Å². The topological polar surface area (TPSA) is 37.3 Å². The average molecular weight is 321 g/mol. The standard InChI is InChI=1S/C19H29O2P/c1-18-9-3-4-16(18)15-6-5-13-12-14(22(20)21)7-11-19(13,2)17(15)8-10-18/h7,13,15-17H,3-6,8-12H2,1-2H3/p+1/t13?,15-,16-,17-,18-,19-/m0/s1. The average Bonchev–Trinajstić information content (AvgIpc) is 2.88. The van der Waals surface area contributed by atoms with Crippen LogP contribution in [0.5, 0.6) is 0 Å². The summed E-state index contributed by atoms with van der Waals surface area (Å²) in [4.78, 5) is 9.48. The second-order valence-electron chi connectivity index (χ2n) is 9.12. The van der Waals surface area contributed by atoms with Crippen molar-refractivity contribution in [1.82, 2.24) is 0 Å². The molecule has 3 fully saturated rings. The van der Waals surface area contributed by atoms with E-state index in [1.54, 1.807) is 0 Å². The lowest BCUT2D eigenvalue weighted by Gasteiger charge is -2.59. The summed E-state index contributed by atoms with van der Waals surface area (Å²) in [6.07, 6.45) is 13.9. The summed E-state index contributed by atoms with van der Waals surface area (Å²) in [6, 6.07) is 0. The predicted molar refractivity (Wildman–Crippen MR) is 89.6 cm³/mol. The van der Waals surface area contributed by atoms with E-state index in [4.69, 9.17) is 0 Å². The van der Waals surface area contributed by atoms with Crippen LogP contribution in [0.1, 0.15) is 71.6 Å². The Morgan fingerprint density at radius 3 is 2.73 bits per heavy atom. The molecule has 7 atom stereocenters. The van der Waals surface area contributed by atoms with Crippen molar-refractivity contribution in [2.45, 2.75) is 71.6 Å². The zero-order valence-electron chi connectivity index (χ0n) is 14.1. The van der Waals surface area contributed by atoms with Gasteiger partial charge in [0.15, 0.2) is 5.31 Å². The third-order valence-electron chi connectivity index (χ3n) is 8.33. The normalized spacial score (nSPS) is 51.4. The van der Waals surface area contributed by atoms with E-state index in [1.165, 1.54) is 44.9 Å². The molecule has 0 radical (unpaired) electrons. The first-order valence-corrected chi connectivity index (χ1v) is 10.5. The second-order valence-corrected chi connectivity index (χ2v) is 10.2. The Hall–Kier alpha value is -0.200. The van der Waals surface area contributed by atoms with Gasteiger partial charge in [-0.1, -0.05) is 20.3 Å². The lowest BCUT2D eigenvalue weighted by atomic mass is 9.46. The van der Waals surface area contributed by atoms with E-state index in [0.717, 1.165) is 35.9 Å². The summed E-state index contributed by atoms with van der Waals surface area (Å²) < 4.78 is 11.5. The number of allylic oxidation sites excluding steroid dienone is 2. The summed E-state index contributed by atoms with van der Waals surface area (Å²) >= 11 is 0. The Morgan fingerprint density at radius 1 is 1.14 bits per heavy atom. The van der Waals surface area contributed by atoms with Gasteiger partial charge in [-0.05, 0) is 90.1 Å². The largest absolute Gasteiger partial charge is 0.541 e. The van der Waals surface area contributed by atoms with E-state index in [0.29, 0.717) is 16.7 Å². The smallest absolute Gasteiger partial charge is 0.156 e. The molecule has 4 aliphatic rings. The maximum absolute atomic E-state index is 11.5. The minimum absolute atomic E-state index is 0.391. The van der Waals surface area contributed by atoms with Crippen molar-refractivity contribution >= 4 is 8.03 Å². The summed E-state index contributed by atoms with van der Waals surface area (Å²) in [5.74, 6) is 3.40. The van der Waals surface area contributed by atoms with E-state index in [2.05, 4.69) is 19.9 Å². The van der Waals surface area contributed by atoms with Crippen molar-refractivity contribution in [2.75, 3.05) is 0 Å². The molecule has 0 aromatic carbocycles. The van der Waals surface area contributed by atoms with Crippen LogP contribution in [0.25, 0.3) is 0 Å². The molecule has 4 rings (SSSR count). The first kappa shape index (κ1) is 15.3. The van der Waals surface area contributed by atoms with E-state index < -0.39 is 8.03 Å². The van der Waals surface area contributed by atoms with Crippen LogP contribution in [-0.2, 0) is 4.57 Å². The molecule has 0 spiro atoms. The maximum atomic E-state index is 11.5. The maximum Gasteiger partial charge on any atom is 0.541 e. The van der Waals surface area contributed by atoms with Crippen LogP contribution >= 0.6 is 8.03 Å². The van der Waals surface area contributed by atoms with Gasteiger partial charge in [0.05, 0.1) is 0 Å². The SMILES string of the molecule is C[C@@]12CCC[C@H]1[C@@H]1CCC3CC([P+](=O)O)=CC[C@]3(C)[C@H]1CC2.